The molecule has 13 aromatic carbocycles. The minimum Gasteiger partial charge on any atom is -0.416 e. The summed E-state index contributed by atoms with van der Waals surface area (Å²) in [5.74, 6) is 1.84. The number of hydrogen-bond acceptors (Lipinski definition) is 10. The molecule has 16 rings (SSSR count). The highest BCUT2D eigenvalue weighted by Crippen LogP contribution is 2.44. The number of aromatic nitrogens is 6. The van der Waals surface area contributed by atoms with E-state index in [-0.39, 0.29) is 0 Å². The molecule has 0 atom stereocenters. The molecular weight excluding hydrogens is 1100 g/mol. The lowest BCUT2D eigenvalue weighted by Gasteiger charge is -2.26. The van der Waals surface area contributed by atoms with E-state index in [0.29, 0.717) is 23.6 Å². The summed E-state index contributed by atoms with van der Waals surface area (Å²) in [7, 11) is 0. The molecule has 90 heavy (non-hydrogen) atoms. The van der Waals surface area contributed by atoms with Gasteiger partial charge in [-0.1, -0.05) is 182 Å². The van der Waals surface area contributed by atoms with Crippen molar-refractivity contribution < 1.29 is 8.83 Å². The van der Waals surface area contributed by atoms with E-state index in [2.05, 4.69) is 249 Å². The Morgan fingerprint density at radius 1 is 0.211 bits per heavy atom. The van der Waals surface area contributed by atoms with Crippen molar-refractivity contribution in [2.45, 2.75) is 0 Å². The highest BCUT2D eigenvalue weighted by molar-refractivity contribution is 6.05. The number of rotatable bonds is 14. The van der Waals surface area contributed by atoms with E-state index < -0.39 is 0 Å². The van der Waals surface area contributed by atoms with Gasteiger partial charge in [0.1, 0.15) is 0 Å². The summed E-state index contributed by atoms with van der Waals surface area (Å²) in [6.45, 7) is 0. The first kappa shape index (κ1) is 53.1. The number of benzene rings is 13. The van der Waals surface area contributed by atoms with Crippen LogP contribution < -0.4 is 9.80 Å². The van der Waals surface area contributed by atoms with Crippen molar-refractivity contribution in [1.82, 2.24) is 30.4 Å². The van der Waals surface area contributed by atoms with Gasteiger partial charge in [-0.15, -0.1) is 20.4 Å². The average molecular weight is 1160 g/mol. The summed E-state index contributed by atoms with van der Waals surface area (Å²) in [5.41, 5.74) is 18.2. The largest absolute Gasteiger partial charge is 0.416 e. The van der Waals surface area contributed by atoms with Gasteiger partial charge in [0, 0.05) is 78.6 Å². The average Bonchev–Trinajstić information content (AvgIpc) is 1.04. The first-order valence-corrected chi connectivity index (χ1v) is 29.8. The van der Waals surface area contributed by atoms with Crippen LogP contribution >= 0.6 is 0 Å². The van der Waals surface area contributed by atoms with Crippen molar-refractivity contribution in [3.05, 3.63) is 315 Å². The predicted molar refractivity (Wildman–Crippen MR) is 363 cm³/mol. The Labute approximate surface area is 519 Å². The fraction of sp³-hybridized carbons (Fsp3) is 0. The van der Waals surface area contributed by atoms with Crippen LogP contribution in [0.2, 0.25) is 0 Å². The topological polar surface area (TPSA) is 110 Å². The van der Waals surface area contributed by atoms with Gasteiger partial charge in [-0.2, -0.15) is 0 Å². The Balaban J connectivity index is 0.830. The highest BCUT2D eigenvalue weighted by atomic mass is 16.4. The van der Waals surface area contributed by atoms with E-state index in [1.807, 2.05) is 97.1 Å². The van der Waals surface area contributed by atoms with Crippen LogP contribution in [0.1, 0.15) is 0 Å². The summed E-state index contributed by atoms with van der Waals surface area (Å²) >= 11 is 0. The maximum absolute atomic E-state index is 6.17. The van der Waals surface area contributed by atoms with Crippen molar-refractivity contribution in [3.63, 3.8) is 0 Å². The molecule has 424 valence electrons. The smallest absolute Gasteiger partial charge is 0.248 e. The molecule has 0 bridgehead atoms. The Bertz CT molecular complexity index is 4890. The number of nitrogens with zero attached hydrogens (tertiary/aromatic N) is 8. The van der Waals surface area contributed by atoms with Gasteiger partial charge in [-0.3, -0.25) is 0 Å². The van der Waals surface area contributed by atoms with Gasteiger partial charge < -0.3 is 18.6 Å². The van der Waals surface area contributed by atoms with Crippen molar-refractivity contribution in [2.75, 3.05) is 9.80 Å². The Morgan fingerprint density at radius 3 is 0.822 bits per heavy atom. The zero-order valence-electron chi connectivity index (χ0n) is 48.4. The van der Waals surface area contributed by atoms with Crippen LogP contribution in [0.4, 0.5) is 34.1 Å². The van der Waals surface area contributed by atoms with Crippen LogP contribution in [0.15, 0.2) is 324 Å². The zero-order chi connectivity index (χ0) is 59.7. The van der Waals surface area contributed by atoms with Crippen molar-refractivity contribution >= 4 is 66.7 Å². The van der Waals surface area contributed by atoms with Crippen molar-refractivity contribution in [1.29, 1.82) is 0 Å². The molecule has 0 aliphatic carbocycles. The second-order valence-electron chi connectivity index (χ2n) is 22.0. The highest BCUT2D eigenvalue weighted by Gasteiger charge is 2.23. The molecule has 0 aliphatic heterocycles. The van der Waals surface area contributed by atoms with E-state index in [1.54, 1.807) is 0 Å². The number of hydrogen-bond donors (Lipinski definition) is 0. The molecule has 10 heteroatoms. The standard InChI is InChI=1S/C80H52N8O2/c1-5-19-57(20-6-1)77-83-85-79(89-77)59-37-45-69(46-38-59)87(65-25-9-3-10-26-65)67-41-33-55(34-42-67)73-74(82-76-72(64-32-30-54-18-14-16-24-62(54)52-64)50-49-71(75(76)81-73)63-31-29-53-17-13-15-23-61(53)51-63)56-35-43-68(44-36-56)88(66-27-11-4-12-28-66)70-47-39-60(40-48-70)80-86-84-78(90-80)58-21-7-2-8-22-58/h1-52H. The van der Waals surface area contributed by atoms with Crippen molar-refractivity contribution in [3.8, 4) is 90.6 Å². The lowest BCUT2D eigenvalue weighted by atomic mass is 9.94. The third-order valence-corrected chi connectivity index (χ3v) is 16.4. The third kappa shape index (κ3) is 10.2. The molecule has 0 radical (unpaired) electrons. The Kier molecular flexibility index (Phi) is 13.6. The lowest BCUT2D eigenvalue weighted by Crippen LogP contribution is -2.10. The van der Waals surface area contributed by atoms with E-state index in [1.165, 1.54) is 10.8 Å². The number of fused-ring (bicyclic) bond motifs is 3. The molecule has 0 amide bonds. The van der Waals surface area contributed by atoms with E-state index in [4.69, 9.17) is 18.8 Å². The third-order valence-electron chi connectivity index (χ3n) is 16.4. The molecule has 0 unspecified atom stereocenters. The molecule has 0 N–H and O–H groups in total. The van der Waals surface area contributed by atoms with Crippen LogP contribution in [-0.4, -0.2) is 30.4 Å². The Hall–Kier alpha value is -12.4. The number of para-hydroxylation sites is 2. The molecule has 0 saturated carbocycles. The molecule has 0 aliphatic rings. The molecule has 3 heterocycles. The SMILES string of the molecule is c1ccc(-c2nnc(-c3ccc(N(c4ccccc4)c4ccc(-c5nc6c(-c7ccc8ccccc8c7)ccc(-c7ccc8ccccc8c7)c6nc5-c5ccc(N(c6ccccc6)c6ccc(-c7nnc(-c8ccccc8)o7)cc6)cc5)cc4)cc3)o2)cc1. The van der Waals surface area contributed by atoms with Crippen LogP contribution in [-0.2, 0) is 0 Å². The normalized spacial score (nSPS) is 11.3. The predicted octanol–water partition coefficient (Wildman–Crippen LogP) is 21.0. The number of anilines is 6. The van der Waals surface area contributed by atoms with Crippen LogP contribution in [0.5, 0.6) is 0 Å². The first-order chi connectivity index (χ1) is 44.6. The molecule has 3 aromatic heterocycles. The van der Waals surface area contributed by atoms with Gasteiger partial charge in [-0.25, -0.2) is 9.97 Å². The van der Waals surface area contributed by atoms with E-state index in [0.717, 1.165) is 123 Å². The molecule has 10 nitrogen and oxygen atoms in total. The first-order valence-electron chi connectivity index (χ1n) is 29.8. The maximum atomic E-state index is 6.17. The van der Waals surface area contributed by atoms with Gasteiger partial charge in [0.25, 0.3) is 0 Å². The minimum absolute atomic E-state index is 0.449. The quantitative estimate of drug-likeness (QED) is 0.104. The molecule has 16 aromatic rings. The summed E-state index contributed by atoms with van der Waals surface area (Å²) < 4.78 is 12.3. The minimum atomic E-state index is 0.449. The molecule has 0 saturated heterocycles. The summed E-state index contributed by atoms with van der Waals surface area (Å²) in [4.78, 5) is 16.2. The second kappa shape index (κ2) is 23.1. The fourth-order valence-electron chi connectivity index (χ4n) is 11.9. The van der Waals surface area contributed by atoms with Crippen LogP contribution in [0.25, 0.3) is 123 Å². The zero-order valence-corrected chi connectivity index (χ0v) is 48.4. The second-order valence-corrected chi connectivity index (χ2v) is 22.0. The van der Waals surface area contributed by atoms with Crippen molar-refractivity contribution in [2.24, 2.45) is 0 Å². The maximum Gasteiger partial charge on any atom is 0.248 e. The summed E-state index contributed by atoms with van der Waals surface area (Å²) in [6, 6.07) is 109. The van der Waals surface area contributed by atoms with E-state index >= 15 is 0 Å². The monoisotopic (exact) mass is 1160 g/mol. The van der Waals surface area contributed by atoms with Gasteiger partial charge in [0.05, 0.1) is 22.4 Å². The van der Waals surface area contributed by atoms with Crippen LogP contribution in [0, 0.1) is 0 Å². The molecule has 0 fully saturated rings. The summed E-state index contributed by atoms with van der Waals surface area (Å²) in [6.07, 6.45) is 0. The lowest BCUT2D eigenvalue weighted by molar-refractivity contribution is 0.584. The fourth-order valence-corrected chi connectivity index (χ4v) is 11.9. The molecule has 0 spiro atoms. The van der Waals surface area contributed by atoms with Gasteiger partial charge in [0.15, 0.2) is 0 Å². The van der Waals surface area contributed by atoms with Crippen LogP contribution in [0.3, 0.4) is 0 Å². The van der Waals surface area contributed by atoms with E-state index in [9.17, 15) is 0 Å². The van der Waals surface area contributed by atoms with Gasteiger partial charge >= 0.3 is 0 Å². The molecular formula is C80H52N8O2. The van der Waals surface area contributed by atoms with Gasteiger partial charge in [-0.05, 0) is 166 Å². The Morgan fingerprint density at radius 2 is 0.478 bits per heavy atom. The van der Waals surface area contributed by atoms with Gasteiger partial charge in [0.2, 0.25) is 23.6 Å². The summed E-state index contributed by atoms with van der Waals surface area (Å²) in [5, 5.41) is 22.2.